The first-order valence-electron chi connectivity index (χ1n) is 9.01. The largest absolute Gasteiger partial charge is 0.393 e. The molecule has 0 bridgehead atoms. The molecule has 9 nitrogen and oxygen atoms in total. The molecule has 1 aromatic heterocycles. The molecule has 0 spiro atoms. The Morgan fingerprint density at radius 2 is 1.28 bits per heavy atom. The van der Waals surface area contributed by atoms with Crippen LogP contribution < -0.4 is 16.4 Å². The molecule has 0 radical (unpaired) electrons. The number of morpholine rings is 2. The zero-order chi connectivity index (χ0) is 17.3. The van der Waals surface area contributed by atoms with E-state index in [9.17, 15) is 0 Å². The molecule has 3 rings (SSSR count). The maximum Gasteiger partial charge on any atom is 0.154 e. The Morgan fingerprint density at radius 1 is 0.840 bits per heavy atom. The number of aromatic nitrogens is 2. The zero-order valence-electron chi connectivity index (χ0n) is 14.7. The molecule has 9 heteroatoms. The van der Waals surface area contributed by atoms with Crippen molar-refractivity contribution >= 4 is 17.3 Å². The van der Waals surface area contributed by atoms with Gasteiger partial charge in [-0.25, -0.2) is 9.97 Å². The van der Waals surface area contributed by atoms with Crippen LogP contribution in [0.5, 0.6) is 0 Å². The van der Waals surface area contributed by atoms with Gasteiger partial charge in [0.15, 0.2) is 11.6 Å². The minimum Gasteiger partial charge on any atom is -0.393 e. The van der Waals surface area contributed by atoms with Crippen molar-refractivity contribution in [1.82, 2.24) is 19.8 Å². The number of anilines is 3. The van der Waals surface area contributed by atoms with E-state index < -0.39 is 0 Å². The topological polar surface area (TPSA) is 101 Å². The lowest BCUT2D eigenvalue weighted by Gasteiger charge is -2.27. The maximum absolute atomic E-state index is 6.20. The highest BCUT2D eigenvalue weighted by Gasteiger charge is 2.12. The third kappa shape index (κ3) is 5.67. The lowest BCUT2D eigenvalue weighted by atomic mass is 10.3. The van der Waals surface area contributed by atoms with Crippen LogP contribution in [0, 0.1) is 0 Å². The number of rotatable bonds is 8. The Balaban J connectivity index is 1.42. The van der Waals surface area contributed by atoms with Crippen LogP contribution in [-0.4, -0.2) is 98.6 Å². The molecule has 0 unspecified atom stereocenters. The molecule has 0 amide bonds. The summed E-state index contributed by atoms with van der Waals surface area (Å²) >= 11 is 0. The van der Waals surface area contributed by atoms with Crippen LogP contribution in [-0.2, 0) is 9.47 Å². The number of hydrogen-bond acceptors (Lipinski definition) is 9. The van der Waals surface area contributed by atoms with E-state index in [1.165, 1.54) is 0 Å². The van der Waals surface area contributed by atoms with Crippen LogP contribution in [0.4, 0.5) is 17.3 Å². The van der Waals surface area contributed by atoms with Gasteiger partial charge in [0, 0.05) is 52.4 Å². The second-order valence-electron chi connectivity index (χ2n) is 6.25. The molecule has 1 aromatic rings. The number of nitrogen functional groups attached to an aromatic ring is 1. The van der Waals surface area contributed by atoms with E-state index in [-0.39, 0.29) is 0 Å². The summed E-state index contributed by atoms with van der Waals surface area (Å²) in [6, 6.07) is 0. The molecule has 0 aromatic carbocycles. The fourth-order valence-corrected chi connectivity index (χ4v) is 2.99. The first kappa shape index (κ1) is 18.1. The minimum atomic E-state index is 0.575. The van der Waals surface area contributed by atoms with Crippen LogP contribution in [0.3, 0.4) is 0 Å². The average molecular weight is 351 g/mol. The van der Waals surface area contributed by atoms with Gasteiger partial charge in [0.1, 0.15) is 12.0 Å². The third-order valence-corrected chi connectivity index (χ3v) is 4.53. The summed E-state index contributed by atoms with van der Waals surface area (Å²) in [6.45, 7) is 10.7. The Kier molecular flexibility index (Phi) is 7.04. The van der Waals surface area contributed by atoms with Crippen molar-refractivity contribution in [1.29, 1.82) is 0 Å². The Labute approximate surface area is 148 Å². The molecule has 0 atom stereocenters. The van der Waals surface area contributed by atoms with E-state index in [2.05, 4.69) is 30.4 Å². The molecule has 4 N–H and O–H groups in total. The number of hydrogen-bond donors (Lipinski definition) is 3. The Bertz CT molecular complexity index is 477. The predicted octanol–water partition coefficient (Wildman–Crippen LogP) is -0.453. The number of nitrogens with two attached hydrogens (primary N) is 1. The summed E-state index contributed by atoms with van der Waals surface area (Å²) in [7, 11) is 0. The quantitative estimate of drug-likeness (QED) is 0.575. The van der Waals surface area contributed by atoms with Crippen molar-refractivity contribution in [2.24, 2.45) is 0 Å². The Morgan fingerprint density at radius 3 is 1.72 bits per heavy atom. The van der Waals surface area contributed by atoms with Gasteiger partial charge in [0.2, 0.25) is 0 Å². The highest BCUT2D eigenvalue weighted by atomic mass is 16.5. The first-order chi connectivity index (χ1) is 12.3. The first-order valence-corrected chi connectivity index (χ1v) is 9.01. The summed E-state index contributed by atoms with van der Waals surface area (Å²) in [5.41, 5.74) is 6.78. The SMILES string of the molecule is Nc1c(NCCN2CCOCC2)ncnc1NCCN1CCOCC1. The minimum absolute atomic E-state index is 0.575. The van der Waals surface area contributed by atoms with Crippen molar-refractivity contribution in [3.8, 4) is 0 Å². The zero-order valence-corrected chi connectivity index (χ0v) is 14.7. The van der Waals surface area contributed by atoms with Gasteiger partial charge in [-0.3, -0.25) is 9.80 Å². The molecule has 140 valence electrons. The van der Waals surface area contributed by atoms with Crippen LogP contribution in [0.25, 0.3) is 0 Å². The molecule has 25 heavy (non-hydrogen) atoms. The number of ether oxygens (including phenoxy) is 2. The van der Waals surface area contributed by atoms with Crippen molar-refractivity contribution in [2.75, 3.05) is 95.2 Å². The van der Waals surface area contributed by atoms with Gasteiger partial charge in [0.05, 0.1) is 26.4 Å². The molecule has 0 saturated carbocycles. The second kappa shape index (κ2) is 9.71. The summed E-state index contributed by atoms with van der Waals surface area (Å²) in [5, 5.41) is 6.63. The van der Waals surface area contributed by atoms with Gasteiger partial charge in [-0.1, -0.05) is 0 Å². The third-order valence-electron chi connectivity index (χ3n) is 4.53. The summed E-state index contributed by atoms with van der Waals surface area (Å²) in [4.78, 5) is 13.3. The molecule has 2 fully saturated rings. The molecule has 3 heterocycles. The standard InChI is InChI=1S/C16H29N7O2/c17-14-15(18-1-3-22-5-9-24-10-6-22)20-13-21-16(14)19-2-4-23-7-11-25-12-8-23/h13H,1-12,17H2,(H2,18,19,20,21). The van der Waals surface area contributed by atoms with Crippen LogP contribution in [0.1, 0.15) is 0 Å². The van der Waals surface area contributed by atoms with E-state index in [0.717, 1.165) is 78.8 Å². The van der Waals surface area contributed by atoms with Gasteiger partial charge in [-0.15, -0.1) is 0 Å². The molecule has 2 saturated heterocycles. The van der Waals surface area contributed by atoms with Crippen LogP contribution >= 0.6 is 0 Å². The van der Waals surface area contributed by atoms with Crippen molar-refractivity contribution in [3.63, 3.8) is 0 Å². The summed E-state index contributed by atoms with van der Waals surface area (Å²) in [6.07, 6.45) is 1.55. The molecular formula is C16H29N7O2. The van der Waals surface area contributed by atoms with Gasteiger partial charge in [-0.05, 0) is 0 Å². The molecular weight excluding hydrogens is 322 g/mol. The summed E-state index contributed by atoms with van der Waals surface area (Å²) < 4.78 is 10.7. The van der Waals surface area contributed by atoms with E-state index >= 15 is 0 Å². The normalized spacial score (nSPS) is 19.7. The lowest BCUT2D eigenvalue weighted by Crippen LogP contribution is -2.39. The van der Waals surface area contributed by atoms with Crippen molar-refractivity contribution < 1.29 is 9.47 Å². The highest BCUT2D eigenvalue weighted by Crippen LogP contribution is 2.21. The van der Waals surface area contributed by atoms with E-state index in [1.807, 2.05) is 0 Å². The van der Waals surface area contributed by atoms with E-state index in [4.69, 9.17) is 15.2 Å². The fourth-order valence-electron chi connectivity index (χ4n) is 2.99. The maximum atomic E-state index is 6.20. The van der Waals surface area contributed by atoms with Gasteiger partial charge >= 0.3 is 0 Å². The predicted molar refractivity (Wildman–Crippen MR) is 97.9 cm³/mol. The summed E-state index contributed by atoms with van der Waals surface area (Å²) in [5.74, 6) is 1.38. The lowest BCUT2D eigenvalue weighted by molar-refractivity contribution is 0.0398. The monoisotopic (exact) mass is 351 g/mol. The number of nitrogens with zero attached hydrogens (tertiary/aromatic N) is 4. The number of nitrogens with one attached hydrogen (secondary N) is 2. The van der Waals surface area contributed by atoms with E-state index in [0.29, 0.717) is 17.3 Å². The molecule has 2 aliphatic heterocycles. The highest BCUT2D eigenvalue weighted by molar-refractivity contribution is 5.73. The fraction of sp³-hybridized carbons (Fsp3) is 0.750. The van der Waals surface area contributed by atoms with Gasteiger partial charge in [-0.2, -0.15) is 0 Å². The van der Waals surface area contributed by atoms with Gasteiger partial charge < -0.3 is 25.8 Å². The van der Waals surface area contributed by atoms with Crippen molar-refractivity contribution in [2.45, 2.75) is 0 Å². The average Bonchev–Trinajstić information content (AvgIpc) is 2.66. The van der Waals surface area contributed by atoms with Gasteiger partial charge in [0.25, 0.3) is 0 Å². The second-order valence-corrected chi connectivity index (χ2v) is 6.25. The van der Waals surface area contributed by atoms with E-state index in [1.54, 1.807) is 6.33 Å². The smallest absolute Gasteiger partial charge is 0.154 e. The van der Waals surface area contributed by atoms with Crippen LogP contribution in [0.2, 0.25) is 0 Å². The molecule has 0 aliphatic carbocycles. The van der Waals surface area contributed by atoms with Crippen molar-refractivity contribution in [3.05, 3.63) is 6.33 Å². The molecule has 2 aliphatic rings. The van der Waals surface area contributed by atoms with Crippen LogP contribution in [0.15, 0.2) is 6.33 Å². The Hall–Kier alpha value is -1.68.